The van der Waals surface area contributed by atoms with Gasteiger partial charge in [0.25, 0.3) is 0 Å². The Labute approximate surface area is 142 Å². The van der Waals surface area contributed by atoms with Gasteiger partial charge in [0.15, 0.2) is 5.60 Å². The van der Waals surface area contributed by atoms with Crippen LogP contribution in [0.25, 0.3) is 11.0 Å². The Morgan fingerprint density at radius 2 is 1.76 bits per heavy atom. The van der Waals surface area contributed by atoms with Gasteiger partial charge in [0.1, 0.15) is 17.3 Å². The molecule has 0 aliphatic carbocycles. The fourth-order valence-corrected chi connectivity index (χ4v) is 2.05. The molecule has 0 saturated carbocycles. The van der Waals surface area contributed by atoms with E-state index in [9.17, 15) is 9.18 Å². The molecule has 0 aliphatic heterocycles. The van der Waals surface area contributed by atoms with Gasteiger partial charge in [-0.2, -0.15) is 0 Å². The first-order chi connectivity index (χ1) is 11.8. The monoisotopic (exact) mass is 342 g/mol. The summed E-state index contributed by atoms with van der Waals surface area (Å²) in [7, 11) is 0. The maximum atomic E-state index is 13.1. The Morgan fingerprint density at radius 1 is 1.08 bits per heavy atom. The highest BCUT2D eigenvalue weighted by atomic mass is 19.1. The summed E-state index contributed by atoms with van der Waals surface area (Å²) in [6.45, 7) is 2.93. The van der Waals surface area contributed by atoms with Crippen LogP contribution in [0.5, 0.6) is 17.4 Å². The number of hydrogen-bond acceptors (Lipinski definition) is 5. The Kier molecular flexibility index (Phi) is 4.22. The summed E-state index contributed by atoms with van der Waals surface area (Å²) in [6.07, 6.45) is 1.40. The lowest BCUT2D eigenvalue weighted by Gasteiger charge is -2.21. The molecule has 2 aromatic carbocycles. The van der Waals surface area contributed by atoms with Gasteiger partial charge in [0.2, 0.25) is 5.88 Å². The van der Waals surface area contributed by atoms with Crippen LogP contribution in [0.4, 0.5) is 4.39 Å². The standard InChI is InChI=1S/C18H15FN2O4/c1-18(2,17(22)23)25-13-6-4-12(5-7-13)24-16-10-20-15-9-11(19)3-8-14(15)21-16/h3-10H,1-2H3,(H,22,23). The smallest absolute Gasteiger partial charge is 0.347 e. The molecule has 1 N–H and O–H groups in total. The summed E-state index contributed by atoms with van der Waals surface area (Å²) in [5.74, 6) is -0.291. The number of carbonyl (C=O) groups is 1. The first-order valence-corrected chi connectivity index (χ1v) is 7.46. The molecule has 6 nitrogen and oxygen atoms in total. The van der Waals surface area contributed by atoms with E-state index in [2.05, 4.69) is 9.97 Å². The summed E-state index contributed by atoms with van der Waals surface area (Å²) < 4.78 is 24.2. The molecular formula is C18H15FN2O4. The minimum Gasteiger partial charge on any atom is -0.478 e. The third-order valence-electron chi connectivity index (χ3n) is 3.42. The molecule has 0 spiro atoms. The van der Waals surface area contributed by atoms with Crippen molar-refractivity contribution in [3.63, 3.8) is 0 Å². The number of nitrogens with zero attached hydrogens (tertiary/aromatic N) is 2. The highest BCUT2D eigenvalue weighted by molar-refractivity contribution is 5.76. The van der Waals surface area contributed by atoms with Crippen LogP contribution in [0.2, 0.25) is 0 Å². The second-order valence-electron chi connectivity index (χ2n) is 5.83. The molecule has 25 heavy (non-hydrogen) atoms. The predicted molar refractivity (Wildman–Crippen MR) is 88.4 cm³/mol. The van der Waals surface area contributed by atoms with Gasteiger partial charge in [-0.25, -0.2) is 19.2 Å². The number of fused-ring (bicyclic) bond motifs is 1. The Hall–Kier alpha value is -3.22. The molecule has 1 heterocycles. The number of carboxylic acid groups (broad SMARTS) is 1. The highest BCUT2D eigenvalue weighted by Crippen LogP contribution is 2.25. The van der Waals surface area contributed by atoms with Crippen LogP contribution in [0, 0.1) is 5.82 Å². The quantitative estimate of drug-likeness (QED) is 0.759. The van der Waals surface area contributed by atoms with Crippen LogP contribution >= 0.6 is 0 Å². The van der Waals surface area contributed by atoms with Crippen molar-refractivity contribution in [2.75, 3.05) is 0 Å². The minimum absolute atomic E-state index is 0.263. The summed E-state index contributed by atoms with van der Waals surface area (Å²) in [4.78, 5) is 19.4. The van der Waals surface area contributed by atoms with Gasteiger partial charge < -0.3 is 14.6 Å². The first-order valence-electron chi connectivity index (χ1n) is 7.46. The number of aromatic nitrogens is 2. The molecule has 0 unspecified atom stereocenters. The largest absolute Gasteiger partial charge is 0.478 e. The fourth-order valence-electron chi connectivity index (χ4n) is 2.05. The number of aliphatic carboxylic acids is 1. The van der Waals surface area contributed by atoms with E-state index < -0.39 is 11.6 Å². The van der Waals surface area contributed by atoms with Gasteiger partial charge in [-0.05, 0) is 50.2 Å². The van der Waals surface area contributed by atoms with Crippen molar-refractivity contribution in [2.45, 2.75) is 19.4 Å². The van der Waals surface area contributed by atoms with Crippen LogP contribution in [0.3, 0.4) is 0 Å². The van der Waals surface area contributed by atoms with Crippen molar-refractivity contribution in [1.82, 2.24) is 9.97 Å². The van der Waals surface area contributed by atoms with Crippen molar-refractivity contribution in [3.05, 3.63) is 54.5 Å². The first kappa shape index (κ1) is 16.6. The summed E-state index contributed by atoms with van der Waals surface area (Å²) >= 11 is 0. The van der Waals surface area contributed by atoms with Crippen LogP contribution in [-0.2, 0) is 4.79 Å². The molecule has 7 heteroatoms. The van der Waals surface area contributed by atoms with Crippen molar-refractivity contribution in [2.24, 2.45) is 0 Å². The molecule has 0 fully saturated rings. The molecule has 0 saturated heterocycles. The van der Waals surface area contributed by atoms with E-state index in [1.807, 2.05) is 0 Å². The van der Waals surface area contributed by atoms with Crippen molar-refractivity contribution >= 4 is 17.0 Å². The molecule has 0 radical (unpaired) electrons. The van der Waals surface area contributed by atoms with Crippen LogP contribution < -0.4 is 9.47 Å². The number of hydrogen-bond donors (Lipinski definition) is 1. The van der Waals surface area contributed by atoms with Gasteiger partial charge in [-0.3, -0.25) is 0 Å². The third-order valence-corrected chi connectivity index (χ3v) is 3.42. The van der Waals surface area contributed by atoms with Gasteiger partial charge in [-0.15, -0.1) is 0 Å². The van der Waals surface area contributed by atoms with E-state index in [1.54, 1.807) is 24.3 Å². The van der Waals surface area contributed by atoms with E-state index in [4.69, 9.17) is 14.6 Å². The van der Waals surface area contributed by atoms with Crippen molar-refractivity contribution in [3.8, 4) is 17.4 Å². The van der Waals surface area contributed by atoms with E-state index in [0.717, 1.165) is 0 Å². The van der Waals surface area contributed by atoms with E-state index in [1.165, 1.54) is 38.2 Å². The number of ether oxygens (including phenoxy) is 2. The molecule has 1 aromatic heterocycles. The number of benzene rings is 2. The lowest BCUT2D eigenvalue weighted by Crippen LogP contribution is -2.37. The summed E-state index contributed by atoms with van der Waals surface area (Å²) in [6, 6.07) is 10.6. The fraction of sp³-hybridized carbons (Fsp3) is 0.167. The third kappa shape index (κ3) is 3.82. The zero-order valence-corrected chi connectivity index (χ0v) is 13.6. The average molecular weight is 342 g/mol. The Morgan fingerprint density at radius 3 is 2.44 bits per heavy atom. The van der Waals surface area contributed by atoms with Crippen LogP contribution in [0.1, 0.15) is 13.8 Å². The summed E-state index contributed by atoms with van der Waals surface area (Å²) in [5, 5.41) is 9.07. The van der Waals surface area contributed by atoms with Gasteiger partial charge in [0, 0.05) is 6.07 Å². The van der Waals surface area contributed by atoms with E-state index in [-0.39, 0.29) is 11.7 Å². The zero-order valence-electron chi connectivity index (χ0n) is 13.6. The lowest BCUT2D eigenvalue weighted by molar-refractivity contribution is -0.152. The molecule has 3 rings (SSSR count). The molecule has 128 valence electrons. The molecule has 0 atom stereocenters. The highest BCUT2D eigenvalue weighted by Gasteiger charge is 2.29. The molecule has 3 aromatic rings. The van der Waals surface area contributed by atoms with Crippen LogP contribution in [-0.4, -0.2) is 26.6 Å². The Balaban J connectivity index is 1.75. The van der Waals surface area contributed by atoms with E-state index in [0.29, 0.717) is 22.5 Å². The molecule has 0 bridgehead atoms. The number of carboxylic acids is 1. The maximum absolute atomic E-state index is 13.1. The van der Waals surface area contributed by atoms with E-state index >= 15 is 0 Å². The van der Waals surface area contributed by atoms with Gasteiger partial charge in [0.05, 0.1) is 17.2 Å². The average Bonchev–Trinajstić information content (AvgIpc) is 2.56. The van der Waals surface area contributed by atoms with Crippen molar-refractivity contribution < 1.29 is 23.8 Å². The predicted octanol–water partition coefficient (Wildman–Crippen LogP) is 3.80. The van der Waals surface area contributed by atoms with Gasteiger partial charge in [-0.1, -0.05) is 0 Å². The SMILES string of the molecule is CC(C)(Oc1ccc(Oc2cnc3cc(F)ccc3n2)cc1)C(=O)O. The normalized spacial score (nSPS) is 11.3. The topological polar surface area (TPSA) is 81.5 Å². The summed E-state index contributed by atoms with van der Waals surface area (Å²) in [5.41, 5.74) is -0.379. The second-order valence-corrected chi connectivity index (χ2v) is 5.83. The zero-order chi connectivity index (χ0) is 18.0. The number of halogens is 1. The lowest BCUT2D eigenvalue weighted by atomic mass is 10.1. The van der Waals surface area contributed by atoms with Crippen molar-refractivity contribution in [1.29, 1.82) is 0 Å². The molecule has 0 aliphatic rings. The molecular weight excluding hydrogens is 327 g/mol. The Bertz CT molecular complexity index is 926. The second kappa shape index (κ2) is 6.35. The number of rotatable bonds is 5. The van der Waals surface area contributed by atoms with Crippen LogP contribution in [0.15, 0.2) is 48.7 Å². The molecule has 0 amide bonds. The van der Waals surface area contributed by atoms with Gasteiger partial charge >= 0.3 is 5.97 Å². The minimum atomic E-state index is -1.33. The maximum Gasteiger partial charge on any atom is 0.347 e.